The first-order valence-corrected chi connectivity index (χ1v) is 6.95. The molecule has 0 saturated heterocycles. The average molecular weight is 292 g/mol. The van der Waals surface area contributed by atoms with Crippen LogP contribution in [0.3, 0.4) is 0 Å². The number of nitrogens with zero attached hydrogens (tertiary/aromatic N) is 1. The Labute approximate surface area is 128 Å². The van der Waals surface area contributed by atoms with Gasteiger partial charge in [0.15, 0.2) is 6.29 Å². The number of carbonyl (C=O) groups is 1. The second kappa shape index (κ2) is 6.72. The number of hydrogen-bond donors (Lipinski definition) is 0. The van der Waals surface area contributed by atoms with Crippen LogP contribution in [0.15, 0.2) is 59.2 Å². The Bertz CT molecular complexity index is 750. The molecule has 0 spiro atoms. The maximum Gasteiger partial charge on any atom is 0.226 e. The number of oxazole rings is 1. The number of ether oxygens (including phenoxy) is 1. The van der Waals surface area contributed by atoms with Gasteiger partial charge in [0.05, 0.1) is 12.3 Å². The van der Waals surface area contributed by atoms with Gasteiger partial charge in [-0.05, 0) is 18.2 Å². The topological polar surface area (TPSA) is 52.3 Å². The lowest BCUT2D eigenvalue weighted by atomic mass is 10.2. The van der Waals surface area contributed by atoms with Crippen molar-refractivity contribution in [1.29, 1.82) is 0 Å². The molecule has 109 valence electrons. The molecule has 0 atom stereocenters. The van der Waals surface area contributed by atoms with Crippen LogP contribution in [0.25, 0.3) is 11.5 Å². The van der Waals surface area contributed by atoms with Crippen molar-refractivity contribution in [3.8, 4) is 17.2 Å². The molecular formula is C18H14NO3. The summed E-state index contributed by atoms with van der Waals surface area (Å²) >= 11 is 0. The van der Waals surface area contributed by atoms with Crippen molar-refractivity contribution in [2.75, 3.05) is 6.61 Å². The molecule has 22 heavy (non-hydrogen) atoms. The molecule has 2 aromatic carbocycles. The predicted molar refractivity (Wildman–Crippen MR) is 81.8 cm³/mol. The van der Waals surface area contributed by atoms with Gasteiger partial charge in [-0.3, -0.25) is 4.79 Å². The van der Waals surface area contributed by atoms with Gasteiger partial charge in [0.1, 0.15) is 12.0 Å². The summed E-state index contributed by atoms with van der Waals surface area (Å²) in [5, 5.41) is 0. The Morgan fingerprint density at radius 3 is 2.82 bits per heavy atom. The molecule has 0 aliphatic carbocycles. The highest BCUT2D eigenvalue weighted by molar-refractivity contribution is 5.74. The zero-order valence-corrected chi connectivity index (χ0v) is 11.9. The largest absolute Gasteiger partial charge is 0.493 e. The molecule has 0 amide bonds. The van der Waals surface area contributed by atoms with Gasteiger partial charge in [0.2, 0.25) is 5.89 Å². The monoisotopic (exact) mass is 292 g/mol. The normalized spacial score (nSPS) is 10.4. The van der Waals surface area contributed by atoms with Crippen molar-refractivity contribution in [2.45, 2.75) is 6.42 Å². The smallest absolute Gasteiger partial charge is 0.226 e. The molecule has 0 fully saturated rings. The van der Waals surface area contributed by atoms with Gasteiger partial charge >= 0.3 is 0 Å². The van der Waals surface area contributed by atoms with E-state index in [1.54, 1.807) is 24.5 Å². The second-order valence-corrected chi connectivity index (χ2v) is 4.70. The van der Waals surface area contributed by atoms with Gasteiger partial charge in [0, 0.05) is 23.6 Å². The third kappa shape index (κ3) is 3.41. The minimum absolute atomic E-state index is 0.444. The Balaban J connectivity index is 1.58. The number of carbonyl (C=O) groups excluding carboxylic acids is 1. The lowest BCUT2D eigenvalue weighted by molar-refractivity contribution is 0.112. The van der Waals surface area contributed by atoms with Crippen LogP contribution < -0.4 is 4.74 Å². The van der Waals surface area contributed by atoms with E-state index in [2.05, 4.69) is 11.1 Å². The fraction of sp³-hybridized carbons (Fsp3) is 0.111. The first-order chi connectivity index (χ1) is 10.8. The van der Waals surface area contributed by atoms with E-state index in [0.29, 0.717) is 30.2 Å². The lowest BCUT2D eigenvalue weighted by Gasteiger charge is -2.04. The summed E-state index contributed by atoms with van der Waals surface area (Å²) in [5.41, 5.74) is 2.25. The van der Waals surface area contributed by atoms with Crippen LogP contribution in [0.5, 0.6) is 5.75 Å². The van der Waals surface area contributed by atoms with Gasteiger partial charge in [-0.2, -0.15) is 0 Å². The maximum absolute atomic E-state index is 10.7. The average Bonchev–Trinajstić information content (AvgIpc) is 3.05. The van der Waals surface area contributed by atoms with Crippen molar-refractivity contribution in [3.63, 3.8) is 0 Å². The molecule has 1 aromatic heterocycles. The summed E-state index contributed by atoms with van der Waals surface area (Å²) in [4.78, 5) is 15.1. The number of hydrogen-bond acceptors (Lipinski definition) is 4. The molecule has 4 nitrogen and oxygen atoms in total. The van der Waals surface area contributed by atoms with Gasteiger partial charge in [0.25, 0.3) is 0 Å². The van der Waals surface area contributed by atoms with E-state index in [1.807, 2.05) is 30.3 Å². The zero-order valence-electron chi connectivity index (χ0n) is 11.9. The summed E-state index contributed by atoms with van der Waals surface area (Å²) in [6.07, 6.45) is 3.00. The Kier molecular flexibility index (Phi) is 4.30. The highest BCUT2D eigenvalue weighted by atomic mass is 16.5. The Morgan fingerprint density at radius 2 is 2.00 bits per heavy atom. The zero-order chi connectivity index (χ0) is 15.2. The number of benzene rings is 2. The van der Waals surface area contributed by atoms with Gasteiger partial charge in [-0.15, -0.1) is 0 Å². The number of aromatic nitrogens is 1. The van der Waals surface area contributed by atoms with Crippen LogP contribution in [0.4, 0.5) is 0 Å². The first-order valence-electron chi connectivity index (χ1n) is 6.95. The highest BCUT2D eigenvalue weighted by Gasteiger charge is 2.06. The van der Waals surface area contributed by atoms with Crippen molar-refractivity contribution >= 4 is 6.29 Å². The van der Waals surface area contributed by atoms with Crippen molar-refractivity contribution in [3.05, 3.63) is 72.1 Å². The fourth-order valence-corrected chi connectivity index (χ4v) is 2.02. The molecule has 0 aliphatic rings. The number of rotatable bonds is 6. The molecule has 3 aromatic rings. The molecule has 3 rings (SSSR count). The van der Waals surface area contributed by atoms with E-state index in [0.717, 1.165) is 17.5 Å². The van der Waals surface area contributed by atoms with Gasteiger partial charge < -0.3 is 9.15 Å². The molecular weight excluding hydrogens is 278 g/mol. The molecule has 0 aliphatic heterocycles. The van der Waals surface area contributed by atoms with Crippen LogP contribution >= 0.6 is 0 Å². The van der Waals surface area contributed by atoms with E-state index in [9.17, 15) is 4.79 Å². The summed E-state index contributed by atoms with van der Waals surface area (Å²) in [6, 6.07) is 17.8. The van der Waals surface area contributed by atoms with E-state index in [1.165, 1.54) is 0 Å². The van der Waals surface area contributed by atoms with Crippen molar-refractivity contribution < 1.29 is 13.9 Å². The van der Waals surface area contributed by atoms with E-state index in [-0.39, 0.29) is 0 Å². The summed E-state index contributed by atoms with van der Waals surface area (Å²) in [5.74, 6) is 1.15. The van der Waals surface area contributed by atoms with Crippen LogP contribution in [0.2, 0.25) is 0 Å². The van der Waals surface area contributed by atoms with Crippen LogP contribution in [0, 0.1) is 6.07 Å². The predicted octanol–water partition coefficient (Wildman–Crippen LogP) is 3.58. The molecule has 1 radical (unpaired) electrons. The minimum Gasteiger partial charge on any atom is -0.493 e. The second-order valence-electron chi connectivity index (χ2n) is 4.70. The van der Waals surface area contributed by atoms with Crippen molar-refractivity contribution in [2.24, 2.45) is 0 Å². The van der Waals surface area contributed by atoms with Gasteiger partial charge in [-0.25, -0.2) is 4.98 Å². The SMILES string of the molecule is O=Cc1[c]c(OCCc2coc(-c3ccccc3)n2)ccc1. The summed E-state index contributed by atoms with van der Waals surface area (Å²) in [6.45, 7) is 0.444. The van der Waals surface area contributed by atoms with Gasteiger partial charge in [-0.1, -0.05) is 30.3 Å². The van der Waals surface area contributed by atoms with E-state index >= 15 is 0 Å². The minimum atomic E-state index is 0.444. The van der Waals surface area contributed by atoms with Crippen LogP contribution in [0.1, 0.15) is 16.1 Å². The van der Waals surface area contributed by atoms with E-state index < -0.39 is 0 Å². The summed E-state index contributed by atoms with van der Waals surface area (Å²) in [7, 11) is 0. The first kappa shape index (κ1) is 14.1. The molecule has 1 heterocycles. The number of aldehydes is 1. The Morgan fingerprint density at radius 1 is 1.14 bits per heavy atom. The standard InChI is InChI=1S/C18H14NO3/c20-12-14-5-4-8-17(11-14)21-10-9-16-13-22-18(19-16)15-6-2-1-3-7-15/h1-8,12-13H,9-10H2. The lowest BCUT2D eigenvalue weighted by Crippen LogP contribution is -2.02. The van der Waals surface area contributed by atoms with Crippen molar-refractivity contribution in [1.82, 2.24) is 4.98 Å². The third-order valence-corrected chi connectivity index (χ3v) is 3.11. The fourth-order valence-electron chi connectivity index (χ4n) is 2.02. The summed E-state index contributed by atoms with van der Waals surface area (Å²) < 4.78 is 11.0. The maximum atomic E-state index is 10.7. The van der Waals surface area contributed by atoms with Crippen LogP contribution in [-0.2, 0) is 6.42 Å². The quantitative estimate of drug-likeness (QED) is 0.652. The molecule has 4 heteroatoms. The molecule has 0 saturated carbocycles. The molecule has 0 bridgehead atoms. The molecule has 0 unspecified atom stereocenters. The highest BCUT2D eigenvalue weighted by Crippen LogP contribution is 2.18. The molecule has 0 N–H and O–H groups in total. The Hall–Kier alpha value is -2.88. The van der Waals surface area contributed by atoms with E-state index in [4.69, 9.17) is 9.15 Å². The third-order valence-electron chi connectivity index (χ3n) is 3.11. The van der Waals surface area contributed by atoms with Crippen LogP contribution in [-0.4, -0.2) is 17.9 Å².